The summed E-state index contributed by atoms with van der Waals surface area (Å²) >= 11 is 1.73. The third-order valence-corrected chi connectivity index (χ3v) is 8.26. The summed E-state index contributed by atoms with van der Waals surface area (Å²) in [4.78, 5) is 2.51. The van der Waals surface area contributed by atoms with Crippen LogP contribution in [0.3, 0.4) is 0 Å². The average Bonchev–Trinajstić information content (AvgIpc) is 3.05. The molecule has 0 amide bonds. The van der Waals surface area contributed by atoms with Gasteiger partial charge in [0.15, 0.2) is 11.0 Å². The molecule has 2 atom stereocenters. The van der Waals surface area contributed by atoms with Gasteiger partial charge in [-0.25, -0.2) is 0 Å². The Balaban J connectivity index is 1.09. The molecule has 2 aliphatic rings. The summed E-state index contributed by atoms with van der Waals surface area (Å²) < 4.78 is 42.6. The average molecular weight is 476 g/mol. The summed E-state index contributed by atoms with van der Waals surface area (Å²) in [5, 5.41) is 9.64. The number of halogens is 3. The van der Waals surface area contributed by atoms with Crippen molar-refractivity contribution in [1.82, 2.24) is 24.2 Å². The molecule has 33 heavy (non-hydrogen) atoms. The van der Waals surface area contributed by atoms with Crippen molar-refractivity contribution in [2.45, 2.75) is 36.5 Å². The summed E-state index contributed by atoms with van der Waals surface area (Å²) in [6, 6.07) is 9.83. The highest BCUT2D eigenvalue weighted by Crippen LogP contribution is 2.64. The minimum atomic E-state index is -4.27. The maximum Gasteiger partial charge on any atom is 0.416 e. The predicted octanol–water partition coefficient (Wildman–Crippen LogP) is 5.20. The van der Waals surface area contributed by atoms with Gasteiger partial charge in [0.1, 0.15) is 0 Å². The number of alkyl halides is 3. The molecule has 5 rings (SSSR count). The van der Waals surface area contributed by atoms with Crippen molar-refractivity contribution >= 4 is 11.8 Å². The topological polar surface area (TPSA) is 38.9 Å². The molecule has 1 saturated heterocycles. The fraction of sp³-hybridized carbons (Fsp3) is 0.500. The van der Waals surface area contributed by atoms with Gasteiger partial charge < -0.3 is 14.0 Å². The second-order valence-corrected chi connectivity index (χ2v) is 10.4. The summed E-state index contributed by atoms with van der Waals surface area (Å²) in [6.07, 6.45) is 1.02. The Morgan fingerprint density at radius 1 is 1.12 bits per heavy atom. The van der Waals surface area contributed by atoms with Gasteiger partial charge in [-0.15, -0.1) is 10.2 Å². The van der Waals surface area contributed by atoms with Crippen molar-refractivity contribution in [2.24, 2.45) is 19.5 Å². The molecule has 1 saturated carbocycles. The van der Waals surface area contributed by atoms with E-state index in [0.717, 1.165) is 66.9 Å². The Bertz CT molecular complexity index is 1120. The fourth-order valence-corrected chi connectivity index (χ4v) is 5.99. The lowest BCUT2D eigenvalue weighted by Crippen LogP contribution is -2.23. The maximum atomic E-state index is 12.8. The zero-order chi connectivity index (χ0) is 23.2. The first-order chi connectivity index (χ1) is 15.8. The molecule has 0 bridgehead atoms. The first-order valence-corrected chi connectivity index (χ1v) is 12.3. The monoisotopic (exact) mass is 475 g/mol. The molecule has 1 aromatic carbocycles. The van der Waals surface area contributed by atoms with Crippen LogP contribution in [-0.4, -0.2) is 49.6 Å². The van der Waals surface area contributed by atoms with E-state index in [1.807, 2.05) is 41.6 Å². The number of hydrogen-bond donors (Lipinski definition) is 0. The van der Waals surface area contributed by atoms with Crippen molar-refractivity contribution in [2.75, 3.05) is 25.4 Å². The van der Waals surface area contributed by atoms with E-state index in [1.54, 1.807) is 23.9 Å². The maximum absolute atomic E-state index is 12.8. The lowest BCUT2D eigenvalue weighted by Gasteiger charge is -2.16. The molecule has 3 aromatic rings. The third kappa shape index (κ3) is 4.45. The number of aryl methyl sites for hydroxylation is 1. The van der Waals surface area contributed by atoms with Crippen LogP contribution in [0.15, 0.2) is 47.8 Å². The molecule has 2 aromatic heterocycles. The van der Waals surface area contributed by atoms with Gasteiger partial charge in [-0.3, -0.25) is 0 Å². The Morgan fingerprint density at radius 2 is 1.91 bits per heavy atom. The van der Waals surface area contributed by atoms with E-state index >= 15 is 0 Å². The summed E-state index contributed by atoms with van der Waals surface area (Å²) in [7, 11) is 4.00. The minimum absolute atomic E-state index is 0.264. The SMILES string of the molecule is Cn1cccc1-c1nnc(SCCCN2CCC3(CC3c3ccc(C(F)(F)F)cc3)C2)n1C. The molecule has 9 heteroatoms. The van der Waals surface area contributed by atoms with Crippen LogP contribution < -0.4 is 0 Å². The van der Waals surface area contributed by atoms with Crippen LogP contribution in [-0.2, 0) is 20.3 Å². The van der Waals surface area contributed by atoms with E-state index in [1.165, 1.54) is 12.1 Å². The lowest BCUT2D eigenvalue weighted by atomic mass is 9.97. The summed E-state index contributed by atoms with van der Waals surface area (Å²) in [5.74, 6) is 2.24. The van der Waals surface area contributed by atoms with Crippen molar-refractivity contribution in [1.29, 1.82) is 0 Å². The van der Waals surface area contributed by atoms with Gasteiger partial charge in [-0.2, -0.15) is 13.2 Å². The number of rotatable bonds is 7. The molecule has 2 unspecified atom stereocenters. The smallest absolute Gasteiger partial charge is 0.348 e. The summed E-state index contributed by atoms with van der Waals surface area (Å²) in [5.41, 5.74) is 1.80. The standard InChI is InChI=1S/C24H28F3N5S/c1-30-11-3-5-20(30)21-28-29-22(31(21)2)33-14-4-12-32-13-10-23(16-32)15-19(23)17-6-8-18(9-7-17)24(25,26)27/h3,5-9,11,19H,4,10,12-16H2,1-2H3. The second kappa shape index (κ2) is 8.51. The van der Waals surface area contributed by atoms with Crippen LogP contribution in [0.25, 0.3) is 11.5 Å². The van der Waals surface area contributed by atoms with Crippen LogP contribution in [0.5, 0.6) is 0 Å². The highest BCUT2D eigenvalue weighted by molar-refractivity contribution is 7.99. The zero-order valence-electron chi connectivity index (χ0n) is 18.8. The first kappa shape index (κ1) is 22.5. The largest absolute Gasteiger partial charge is 0.416 e. The molecule has 1 spiro atoms. The van der Waals surface area contributed by atoms with Crippen LogP contribution in [0.1, 0.15) is 36.3 Å². The van der Waals surface area contributed by atoms with Crippen molar-refractivity contribution < 1.29 is 13.2 Å². The van der Waals surface area contributed by atoms with Crippen molar-refractivity contribution in [3.8, 4) is 11.5 Å². The van der Waals surface area contributed by atoms with E-state index in [-0.39, 0.29) is 5.41 Å². The fourth-order valence-electron chi connectivity index (χ4n) is 5.16. The molecule has 5 nitrogen and oxygen atoms in total. The van der Waals surface area contributed by atoms with Gasteiger partial charge >= 0.3 is 6.18 Å². The first-order valence-electron chi connectivity index (χ1n) is 11.3. The van der Waals surface area contributed by atoms with E-state index in [0.29, 0.717) is 5.92 Å². The lowest BCUT2D eigenvalue weighted by molar-refractivity contribution is -0.137. The van der Waals surface area contributed by atoms with Gasteiger partial charge in [0.2, 0.25) is 0 Å². The Morgan fingerprint density at radius 3 is 2.61 bits per heavy atom. The molecule has 3 heterocycles. The van der Waals surface area contributed by atoms with Crippen molar-refractivity contribution in [3.63, 3.8) is 0 Å². The molecular formula is C24H28F3N5S. The third-order valence-electron chi connectivity index (χ3n) is 7.15. The van der Waals surface area contributed by atoms with E-state index in [2.05, 4.69) is 15.1 Å². The van der Waals surface area contributed by atoms with Crippen LogP contribution >= 0.6 is 11.8 Å². The molecular weight excluding hydrogens is 447 g/mol. The van der Waals surface area contributed by atoms with Crippen molar-refractivity contribution in [3.05, 3.63) is 53.7 Å². The molecule has 176 valence electrons. The van der Waals surface area contributed by atoms with E-state index < -0.39 is 11.7 Å². The molecule has 1 aliphatic carbocycles. The summed E-state index contributed by atoms with van der Waals surface area (Å²) in [6.45, 7) is 3.16. The number of likely N-dealkylation sites (tertiary alicyclic amines) is 1. The number of thioether (sulfide) groups is 1. The van der Waals surface area contributed by atoms with Crippen LogP contribution in [0.2, 0.25) is 0 Å². The van der Waals surface area contributed by atoms with Crippen LogP contribution in [0, 0.1) is 5.41 Å². The van der Waals surface area contributed by atoms with Crippen LogP contribution in [0.4, 0.5) is 13.2 Å². The Kier molecular flexibility index (Phi) is 5.81. The van der Waals surface area contributed by atoms with E-state index in [9.17, 15) is 13.2 Å². The normalized spacial score (nSPS) is 23.0. The van der Waals surface area contributed by atoms with Gasteiger partial charge in [-0.1, -0.05) is 23.9 Å². The highest BCUT2D eigenvalue weighted by Gasteiger charge is 2.57. The molecule has 2 fully saturated rings. The van der Waals surface area contributed by atoms with Gasteiger partial charge in [-0.05, 0) is 73.5 Å². The quantitative estimate of drug-likeness (QED) is 0.348. The minimum Gasteiger partial charge on any atom is -0.348 e. The Labute approximate surface area is 196 Å². The molecule has 1 aliphatic heterocycles. The van der Waals surface area contributed by atoms with Gasteiger partial charge in [0.25, 0.3) is 0 Å². The number of nitrogens with zero attached hydrogens (tertiary/aromatic N) is 5. The van der Waals surface area contributed by atoms with E-state index in [4.69, 9.17) is 0 Å². The predicted molar refractivity (Wildman–Crippen MR) is 123 cm³/mol. The van der Waals surface area contributed by atoms with Gasteiger partial charge in [0, 0.05) is 32.6 Å². The molecule has 0 radical (unpaired) electrons. The Hall–Kier alpha value is -2.26. The second-order valence-electron chi connectivity index (χ2n) is 9.34. The zero-order valence-corrected chi connectivity index (χ0v) is 19.7. The number of aromatic nitrogens is 4. The highest BCUT2D eigenvalue weighted by atomic mass is 32.2. The number of hydrogen-bond acceptors (Lipinski definition) is 4. The van der Waals surface area contributed by atoms with Gasteiger partial charge in [0.05, 0.1) is 11.3 Å². The molecule has 0 N–H and O–H groups in total. The number of benzene rings is 1.